The molecule has 0 fully saturated rings. The first kappa shape index (κ1) is 26.1. The maximum Gasteiger partial charge on any atom is 0.275 e. The third kappa shape index (κ3) is 5.93. The number of aliphatic imine (C=N–C) groups is 1. The van der Waals surface area contributed by atoms with Crippen LogP contribution in [0.3, 0.4) is 0 Å². The number of halogens is 3. The first-order chi connectivity index (χ1) is 15.9. The lowest BCUT2D eigenvalue weighted by Gasteiger charge is -2.24. The normalized spacial score (nSPS) is 12.0. The van der Waals surface area contributed by atoms with E-state index in [9.17, 15) is 4.79 Å². The molecule has 0 spiro atoms. The molecule has 0 unspecified atom stereocenters. The zero-order valence-corrected chi connectivity index (χ0v) is 22.4. The zero-order valence-electron chi connectivity index (χ0n) is 20.1. The lowest BCUT2D eigenvalue weighted by Crippen LogP contribution is -2.28. The summed E-state index contributed by atoms with van der Waals surface area (Å²) in [7, 11) is 3.95. The van der Waals surface area contributed by atoms with Gasteiger partial charge in [0, 0.05) is 30.4 Å². The van der Waals surface area contributed by atoms with E-state index in [1.165, 1.54) is 0 Å². The fraction of sp³-hybridized carbons (Fsp3) is 0.259. The highest BCUT2D eigenvalue weighted by Crippen LogP contribution is 2.34. The van der Waals surface area contributed by atoms with Gasteiger partial charge in [-0.15, -0.1) is 0 Å². The van der Waals surface area contributed by atoms with Crippen molar-refractivity contribution >= 4 is 63.5 Å². The number of hydrogen-bond donors (Lipinski definition) is 1. The SMILES string of the molecule is Cc1cc(N(C)C)ccc1N=C(C(=O)Nc1cc(Cl)ccc1Cl)c1c(Cl)cccc1C(C)(C)C. The van der Waals surface area contributed by atoms with Crippen LogP contribution in [0.4, 0.5) is 17.1 Å². The Bertz CT molecular complexity index is 1260. The Kier molecular flexibility index (Phi) is 7.97. The molecule has 34 heavy (non-hydrogen) atoms. The van der Waals surface area contributed by atoms with Gasteiger partial charge < -0.3 is 10.2 Å². The van der Waals surface area contributed by atoms with Crippen molar-refractivity contribution in [3.05, 3.63) is 86.4 Å². The van der Waals surface area contributed by atoms with E-state index in [0.29, 0.717) is 32.0 Å². The third-order valence-electron chi connectivity index (χ3n) is 5.38. The van der Waals surface area contributed by atoms with Crippen molar-refractivity contribution in [1.29, 1.82) is 0 Å². The molecular formula is C27H28Cl3N3O. The van der Waals surface area contributed by atoms with E-state index >= 15 is 0 Å². The van der Waals surface area contributed by atoms with Crippen LogP contribution in [0.25, 0.3) is 0 Å². The predicted octanol–water partition coefficient (Wildman–Crippen LogP) is 8.08. The number of anilines is 2. The van der Waals surface area contributed by atoms with Gasteiger partial charge in [-0.2, -0.15) is 0 Å². The van der Waals surface area contributed by atoms with Crippen LogP contribution in [0.5, 0.6) is 0 Å². The van der Waals surface area contributed by atoms with Gasteiger partial charge in [-0.1, -0.05) is 67.7 Å². The van der Waals surface area contributed by atoms with Gasteiger partial charge in [0.2, 0.25) is 0 Å². The third-order valence-corrected chi connectivity index (χ3v) is 6.26. The number of carbonyl (C=O) groups is 1. The quantitative estimate of drug-likeness (QED) is 0.348. The van der Waals surface area contributed by atoms with Crippen molar-refractivity contribution in [3.8, 4) is 0 Å². The number of rotatable bonds is 5. The highest BCUT2D eigenvalue weighted by molar-refractivity contribution is 6.53. The van der Waals surface area contributed by atoms with Crippen LogP contribution >= 0.6 is 34.8 Å². The molecule has 4 nitrogen and oxygen atoms in total. The Morgan fingerprint density at radius 3 is 2.26 bits per heavy atom. The largest absolute Gasteiger partial charge is 0.378 e. The topological polar surface area (TPSA) is 44.7 Å². The van der Waals surface area contributed by atoms with Gasteiger partial charge in [0.1, 0.15) is 5.71 Å². The van der Waals surface area contributed by atoms with Crippen molar-refractivity contribution in [3.63, 3.8) is 0 Å². The summed E-state index contributed by atoms with van der Waals surface area (Å²) in [5.41, 5.74) is 4.47. The first-order valence-corrected chi connectivity index (χ1v) is 11.9. The summed E-state index contributed by atoms with van der Waals surface area (Å²) < 4.78 is 0. The van der Waals surface area contributed by atoms with Gasteiger partial charge in [-0.3, -0.25) is 4.79 Å². The van der Waals surface area contributed by atoms with E-state index in [1.807, 2.05) is 56.3 Å². The number of nitrogens with zero attached hydrogens (tertiary/aromatic N) is 2. The van der Waals surface area contributed by atoms with Crippen molar-refractivity contribution in [2.75, 3.05) is 24.3 Å². The van der Waals surface area contributed by atoms with Crippen molar-refractivity contribution in [1.82, 2.24) is 0 Å². The molecule has 178 valence electrons. The molecule has 3 rings (SSSR count). The Balaban J connectivity index is 2.22. The zero-order chi connectivity index (χ0) is 25.2. The molecular weight excluding hydrogens is 489 g/mol. The molecule has 0 aromatic heterocycles. The van der Waals surface area contributed by atoms with Crippen LogP contribution in [0.2, 0.25) is 15.1 Å². The molecule has 0 radical (unpaired) electrons. The second kappa shape index (κ2) is 10.4. The second-order valence-corrected chi connectivity index (χ2v) is 10.6. The Morgan fingerprint density at radius 2 is 1.65 bits per heavy atom. The van der Waals surface area contributed by atoms with Gasteiger partial charge in [0.15, 0.2) is 0 Å². The standard InChI is InChI=1S/C27H28Cl3N3O/c1-16-14-18(33(5)6)11-13-22(16)31-25(24-19(27(2,3)4)8-7-9-21(24)30)26(34)32-23-15-17(28)10-12-20(23)29/h7-15H,1-6H3,(H,32,34). The summed E-state index contributed by atoms with van der Waals surface area (Å²) in [4.78, 5) is 20.5. The first-order valence-electron chi connectivity index (χ1n) is 10.8. The highest BCUT2D eigenvalue weighted by atomic mass is 35.5. The van der Waals surface area contributed by atoms with Gasteiger partial charge in [0.05, 0.1) is 21.4 Å². The fourth-order valence-electron chi connectivity index (χ4n) is 3.55. The maximum absolute atomic E-state index is 13.7. The van der Waals surface area contributed by atoms with Gasteiger partial charge >= 0.3 is 0 Å². The van der Waals surface area contributed by atoms with E-state index in [0.717, 1.165) is 16.8 Å². The van der Waals surface area contributed by atoms with E-state index < -0.39 is 5.91 Å². The molecule has 7 heteroatoms. The van der Waals surface area contributed by atoms with Crippen LogP contribution in [-0.2, 0) is 10.2 Å². The van der Waals surface area contributed by atoms with E-state index in [1.54, 1.807) is 24.3 Å². The summed E-state index contributed by atoms with van der Waals surface area (Å²) in [5.74, 6) is -0.432. The Hall–Kier alpha value is -2.53. The highest BCUT2D eigenvalue weighted by Gasteiger charge is 2.27. The number of hydrogen-bond acceptors (Lipinski definition) is 3. The molecule has 0 bridgehead atoms. The smallest absolute Gasteiger partial charge is 0.275 e. The molecule has 0 atom stereocenters. The summed E-state index contributed by atoms with van der Waals surface area (Å²) in [6.07, 6.45) is 0. The van der Waals surface area contributed by atoms with Crippen LogP contribution in [0.1, 0.15) is 37.5 Å². The average Bonchev–Trinajstić information content (AvgIpc) is 2.74. The van der Waals surface area contributed by atoms with E-state index in [2.05, 4.69) is 26.1 Å². The molecule has 0 aliphatic carbocycles. The number of benzene rings is 3. The van der Waals surface area contributed by atoms with Crippen LogP contribution in [0.15, 0.2) is 59.6 Å². The number of nitrogens with one attached hydrogen (secondary N) is 1. The minimum absolute atomic E-state index is 0.201. The molecule has 0 saturated heterocycles. The summed E-state index contributed by atoms with van der Waals surface area (Å²) in [5, 5.41) is 4.15. The van der Waals surface area contributed by atoms with Crippen LogP contribution in [-0.4, -0.2) is 25.7 Å². The predicted molar refractivity (Wildman–Crippen MR) is 147 cm³/mol. The lowest BCUT2D eigenvalue weighted by atomic mass is 9.82. The molecule has 0 aliphatic heterocycles. The molecule has 0 aliphatic rings. The molecule has 3 aromatic rings. The molecule has 0 heterocycles. The molecule has 1 N–H and O–H groups in total. The summed E-state index contributed by atoms with van der Waals surface area (Å²) in [6.45, 7) is 8.18. The average molecular weight is 517 g/mol. The lowest BCUT2D eigenvalue weighted by molar-refractivity contribution is -0.110. The number of aryl methyl sites for hydroxylation is 1. The second-order valence-electron chi connectivity index (χ2n) is 9.32. The van der Waals surface area contributed by atoms with E-state index in [-0.39, 0.29) is 11.1 Å². The van der Waals surface area contributed by atoms with E-state index in [4.69, 9.17) is 39.8 Å². The maximum atomic E-state index is 13.7. The minimum Gasteiger partial charge on any atom is -0.378 e. The summed E-state index contributed by atoms with van der Waals surface area (Å²) in [6, 6.07) is 16.4. The number of carbonyl (C=O) groups excluding carboxylic acids is 1. The van der Waals surface area contributed by atoms with Gasteiger partial charge in [-0.05, 0) is 65.9 Å². The van der Waals surface area contributed by atoms with Crippen molar-refractivity contribution < 1.29 is 4.79 Å². The Labute approximate surface area is 216 Å². The molecule has 3 aromatic carbocycles. The fourth-order valence-corrected chi connectivity index (χ4v) is 4.15. The monoisotopic (exact) mass is 515 g/mol. The minimum atomic E-state index is -0.432. The Morgan fingerprint density at radius 1 is 0.941 bits per heavy atom. The van der Waals surface area contributed by atoms with Crippen LogP contribution < -0.4 is 10.2 Å². The molecule has 1 amide bonds. The van der Waals surface area contributed by atoms with Crippen molar-refractivity contribution in [2.45, 2.75) is 33.1 Å². The van der Waals surface area contributed by atoms with Crippen LogP contribution in [0, 0.1) is 6.92 Å². The molecule has 0 saturated carbocycles. The number of amides is 1. The summed E-state index contributed by atoms with van der Waals surface area (Å²) >= 11 is 19.1. The van der Waals surface area contributed by atoms with Crippen molar-refractivity contribution in [2.24, 2.45) is 4.99 Å². The van der Waals surface area contributed by atoms with Gasteiger partial charge in [0.25, 0.3) is 5.91 Å². The van der Waals surface area contributed by atoms with Gasteiger partial charge in [-0.25, -0.2) is 4.99 Å².